The second-order valence-corrected chi connectivity index (χ2v) is 4.98. The summed E-state index contributed by atoms with van der Waals surface area (Å²) in [6.07, 6.45) is 1.58. The van der Waals surface area contributed by atoms with E-state index in [2.05, 4.69) is 11.8 Å². The topological polar surface area (TPSA) is 50.1 Å². The molecule has 1 unspecified atom stereocenters. The number of hydrogen-bond donors (Lipinski definition) is 1. The SMILES string of the molecule is CC#CC(OC)SC1=CC(=N)C(=O)c2ccccc21. The standard InChI is InChI=1S/C15H13NO2S/c1-3-6-14(18-2)19-13-9-12(16)15(17)11-8-5-4-7-10(11)13/h4-5,7-9,14,16H,1-2H3. The van der Waals surface area contributed by atoms with Gasteiger partial charge in [0.05, 0.1) is 0 Å². The van der Waals surface area contributed by atoms with E-state index in [-0.39, 0.29) is 16.9 Å². The van der Waals surface area contributed by atoms with E-state index in [4.69, 9.17) is 10.1 Å². The lowest BCUT2D eigenvalue weighted by Gasteiger charge is -2.18. The minimum absolute atomic E-state index is 0.000473. The first-order valence-corrected chi connectivity index (χ1v) is 6.61. The molecule has 19 heavy (non-hydrogen) atoms. The molecule has 0 saturated carbocycles. The molecule has 2 rings (SSSR count). The van der Waals surface area contributed by atoms with Crippen molar-refractivity contribution in [2.45, 2.75) is 12.4 Å². The monoisotopic (exact) mass is 271 g/mol. The van der Waals surface area contributed by atoms with Crippen molar-refractivity contribution in [2.75, 3.05) is 7.11 Å². The van der Waals surface area contributed by atoms with Crippen LogP contribution in [0.15, 0.2) is 30.3 Å². The molecular formula is C15H13NO2S. The largest absolute Gasteiger partial charge is 0.359 e. The van der Waals surface area contributed by atoms with Crippen LogP contribution in [0.25, 0.3) is 4.91 Å². The lowest BCUT2D eigenvalue weighted by atomic mass is 9.95. The molecule has 0 radical (unpaired) electrons. The molecule has 0 amide bonds. The maximum absolute atomic E-state index is 11.9. The van der Waals surface area contributed by atoms with Gasteiger partial charge in [-0.25, -0.2) is 0 Å². The first-order valence-electron chi connectivity index (χ1n) is 5.73. The molecule has 1 aromatic rings. The average molecular weight is 271 g/mol. The van der Waals surface area contributed by atoms with Gasteiger partial charge in [-0.2, -0.15) is 0 Å². The van der Waals surface area contributed by atoms with Crippen LogP contribution in [0.2, 0.25) is 0 Å². The third-order valence-corrected chi connectivity index (χ3v) is 3.78. The molecule has 1 N–H and O–H groups in total. The van der Waals surface area contributed by atoms with Crippen LogP contribution >= 0.6 is 11.8 Å². The fourth-order valence-corrected chi connectivity index (χ4v) is 2.78. The highest BCUT2D eigenvalue weighted by atomic mass is 32.2. The van der Waals surface area contributed by atoms with Crippen LogP contribution in [0.5, 0.6) is 0 Å². The van der Waals surface area contributed by atoms with Crippen molar-refractivity contribution in [2.24, 2.45) is 0 Å². The molecule has 0 bridgehead atoms. The van der Waals surface area contributed by atoms with E-state index in [1.54, 1.807) is 32.2 Å². The molecule has 0 heterocycles. The van der Waals surface area contributed by atoms with E-state index >= 15 is 0 Å². The van der Waals surface area contributed by atoms with Gasteiger partial charge in [-0.3, -0.25) is 10.2 Å². The highest BCUT2D eigenvalue weighted by Crippen LogP contribution is 2.36. The minimum atomic E-state index is -0.301. The summed E-state index contributed by atoms with van der Waals surface area (Å²) in [6.45, 7) is 1.75. The fourth-order valence-electron chi connectivity index (χ4n) is 1.78. The zero-order chi connectivity index (χ0) is 13.8. The predicted octanol–water partition coefficient (Wildman–Crippen LogP) is 2.97. The third-order valence-electron chi connectivity index (χ3n) is 2.67. The van der Waals surface area contributed by atoms with Gasteiger partial charge in [0.2, 0.25) is 5.78 Å². The molecule has 1 aliphatic rings. The number of allylic oxidation sites excluding steroid dienone is 1. The lowest BCUT2D eigenvalue weighted by Crippen LogP contribution is -2.18. The Morgan fingerprint density at radius 1 is 1.32 bits per heavy atom. The van der Waals surface area contributed by atoms with E-state index in [0.717, 1.165) is 10.5 Å². The number of carbonyl (C=O) groups excluding carboxylic acids is 1. The molecule has 0 aromatic heterocycles. The van der Waals surface area contributed by atoms with Crippen LogP contribution in [-0.2, 0) is 4.74 Å². The number of rotatable bonds is 3. The number of nitrogens with one attached hydrogen (secondary N) is 1. The van der Waals surface area contributed by atoms with Gasteiger partial charge in [0, 0.05) is 17.6 Å². The van der Waals surface area contributed by atoms with Crippen LogP contribution in [0.1, 0.15) is 22.8 Å². The summed E-state index contributed by atoms with van der Waals surface area (Å²) in [4.78, 5) is 12.7. The van der Waals surface area contributed by atoms with Crippen molar-refractivity contribution >= 4 is 28.2 Å². The number of Topliss-reactive ketones (excluding diaryl/α,β-unsaturated/α-hetero) is 1. The molecule has 0 fully saturated rings. The molecule has 3 nitrogen and oxygen atoms in total. The zero-order valence-electron chi connectivity index (χ0n) is 10.7. The maximum atomic E-state index is 11.9. The van der Waals surface area contributed by atoms with Gasteiger partial charge >= 0.3 is 0 Å². The number of hydrogen-bond acceptors (Lipinski definition) is 4. The third kappa shape index (κ3) is 2.78. The summed E-state index contributed by atoms with van der Waals surface area (Å²) >= 11 is 1.41. The van der Waals surface area contributed by atoms with Crippen molar-refractivity contribution in [1.82, 2.24) is 0 Å². The van der Waals surface area contributed by atoms with Crippen molar-refractivity contribution in [1.29, 1.82) is 5.41 Å². The van der Waals surface area contributed by atoms with Crippen molar-refractivity contribution in [3.05, 3.63) is 41.5 Å². The molecule has 0 spiro atoms. The molecular weight excluding hydrogens is 258 g/mol. The van der Waals surface area contributed by atoms with Gasteiger partial charge in [-0.05, 0) is 18.6 Å². The summed E-state index contributed by atoms with van der Waals surface area (Å²) < 4.78 is 5.26. The van der Waals surface area contributed by atoms with Crippen LogP contribution in [0.3, 0.4) is 0 Å². The lowest BCUT2D eigenvalue weighted by molar-refractivity contribution is 0.106. The first kappa shape index (κ1) is 13.6. The molecule has 1 aliphatic carbocycles. The Balaban J connectivity index is 2.39. The fraction of sp³-hybridized carbons (Fsp3) is 0.200. The van der Waals surface area contributed by atoms with Crippen molar-refractivity contribution < 1.29 is 9.53 Å². The van der Waals surface area contributed by atoms with Gasteiger partial charge in [0.1, 0.15) is 5.71 Å². The highest BCUT2D eigenvalue weighted by molar-refractivity contribution is 8.09. The molecule has 4 heteroatoms. The molecule has 96 valence electrons. The normalized spacial score (nSPS) is 15.2. The second kappa shape index (κ2) is 5.87. The molecule has 1 aromatic carbocycles. The van der Waals surface area contributed by atoms with Crippen LogP contribution in [0.4, 0.5) is 0 Å². The van der Waals surface area contributed by atoms with Crippen molar-refractivity contribution in [3.63, 3.8) is 0 Å². The number of methoxy groups -OCH3 is 1. The number of ketones is 1. The van der Waals surface area contributed by atoms with E-state index in [1.807, 2.05) is 12.1 Å². The van der Waals surface area contributed by atoms with E-state index < -0.39 is 0 Å². The highest BCUT2D eigenvalue weighted by Gasteiger charge is 2.24. The van der Waals surface area contributed by atoms with Crippen LogP contribution in [0, 0.1) is 17.3 Å². The Kier molecular flexibility index (Phi) is 4.20. The van der Waals surface area contributed by atoms with Crippen molar-refractivity contribution in [3.8, 4) is 11.8 Å². The summed E-state index contributed by atoms with van der Waals surface area (Å²) in [5.74, 6) is 5.50. The first-order chi connectivity index (χ1) is 9.17. The summed E-state index contributed by atoms with van der Waals surface area (Å²) in [7, 11) is 1.59. The second-order valence-electron chi connectivity index (χ2n) is 3.88. The van der Waals surface area contributed by atoms with Gasteiger partial charge in [-0.15, -0.1) is 5.92 Å². The van der Waals surface area contributed by atoms with Gasteiger partial charge < -0.3 is 4.74 Å². The van der Waals surface area contributed by atoms with Crippen LogP contribution < -0.4 is 0 Å². The Bertz CT molecular complexity index is 623. The number of carbonyl (C=O) groups is 1. The summed E-state index contributed by atoms with van der Waals surface area (Å²) in [5.41, 5.74) is 1.11. The number of ether oxygens (including phenoxy) is 1. The maximum Gasteiger partial charge on any atom is 0.211 e. The van der Waals surface area contributed by atoms with Gasteiger partial charge in [0.15, 0.2) is 5.44 Å². The molecule has 0 saturated heterocycles. The number of benzene rings is 1. The van der Waals surface area contributed by atoms with E-state index in [9.17, 15) is 4.79 Å². The zero-order valence-corrected chi connectivity index (χ0v) is 11.5. The number of fused-ring (bicyclic) bond motifs is 1. The Hall–Kier alpha value is -1.83. The molecule has 0 aliphatic heterocycles. The average Bonchev–Trinajstić information content (AvgIpc) is 2.44. The predicted molar refractivity (Wildman–Crippen MR) is 78.3 cm³/mol. The Morgan fingerprint density at radius 3 is 2.63 bits per heavy atom. The number of thioether (sulfide) groups is 1. The Morgan fingerprint density at radius 2 is 2.00 bits per heavy atom. The smallest absolute Gasteiger partial charge is 0.211 e. The Labute approximate surface area is 116 Å². The van der Waals surface area contributed by atoms with E-state index in [1.165, 1.54) is 11.8 Å². The van der Waals surface area contributed by atoms with Gasteiger partial charge in [0.25, 0.3) is 0 Å². The van der Waals surface area contributed by atoms with Gasteiger partial charge in [-0.1, -0.05) is 41.9 Å². The summed E-state index contributed by atoms with van der Waals surface area (Å²) in [5, 5.41) is 7.74. The summed E-state index contributed by atoms with van der Waals surface area (Å²) in [6, 6.07) is 7.30. The minimum Gasteiger partial charge on any atom is -0.359 e. The van der Waals surface area contributed by atoms with Crippen LogP contribution in [-0.4, -0.2) is 24.0 Å². The van der Waals surface area contributed by atoms with E-state index in [0.29, 0.717) is 5.56 Å². The quantitative estimate of drug-likeness (QED) is 0.679. The molecule has 1 atom stereocenters.